The predicted octanol–water partition coefficient (Wildman–Crippen LogP) is 4.05. The van der Waals surface area contributed by atoms with Gasteiger partial charge in [-0.15, -0.1) is 0 Å². The minimum atomic E-state index is 0.230. The van der Waals surface area contributed by atoms with E-state index in [1.165, 1.54) is 12.8 Å². The summed E-state index contributed by atoms with van der Waals surface area (Å²) in [4.78, 5) is 14.5. The van der Waals surface area contributed by atoms with Crippen LogP contribution in [-0.2, 0) is 11.2 Å². The summed E-state index contributed by atoms with van der Waals surface area (Å²) in [7, 11) is 0. The molecule has 19 heavy (non-hydrogen) atoms. The minimum Gasteiger partial charge on any atom is -0.339 e. The summed E-state index contributed by atoms with van der Waals surface area (Å²) in [6.45, 7) is 0.803. The highest BCUT2D eigenvalue weighted by atomic mass is 79.9. The van der Waals surface area contributed by atoms with E-state index in [0.717, 1.165) is 30.3 Å². The third kappa shape index (κ3) is 4.22. The monoisotopic (exact) mass is 343 g/mol. The van der Waals surface area contributed by atoms with Gasteiger partial charge in [0.05, 0.1) is 6.42 Å². The highest BCUT2D eigenvalue weighted by Gasteiger charge is 2.25. The molecular formula is C15H19BrClNO. The molecule has 1 amide bonds. The molecule has 1 aromatic carbocycles. The average Bonchev–Trinajstić information content (AvgIpc) is 2.92. The van der Waals surface area contributed by atoms with Crippen LogP contribution in [0.1, 0.15) is 31.2 Å². The van der Waals surface area contributed by atoms with E-state index in [4.69, 9.17) is 11.6 Å². The second kappa shape index (κ2) is 7.30. The molecule has 1 aliphatic carbocycles. The fourth-order valence-electron chi connectivity index (χ4n) is 2.70. The third-order valence-electron chi connectivity index (χ3n) is 3.68. The van der Waals surface area contributed by atoms with Crippen LogP contribution in [0.2, 0.25) is 5.02 Å². The van der Waals surface area contributed by atoms with Crippen molar-refractivity contribution in [2.75, 3.05) is 11.9 Å². The number of halogens is 2. The summed E-state index contributed by atoms with van der Waals surface area (Å²) in [5, 5.41) is 1.56. The maximum Gasteiger partial charge on any atom is 0.227 e. The number of amides is 1. The molecule has 0 radical (unpaired) electrons. The van der Waals surface area contributed by atoms with Crippen molar-refractivity contribution >= 4 is 33.4 Å². The van der Waals surface area contributed by atoms with Gasteiger partial charge in [0.2, 0.25) is 5.91 Å². The van der Waals surface area contributed by atoms with Crippen molar-refractivity contribution in [3.05, 3.63) is 34.9 Å². The number of carbonyl (C=O) groups excluding carboxylic acids is 1. The summed E-state index contributed by atoms with van der Waals surface area (Å²) in [5.74, 6) is 0.230. The Morgan fingerprint density at radius 3 is 2.47 bits per heavy atom. The zero-order valence-corrected chi connectivity index (χ0v) is 13.3. The number of benzene rings is 1. The fraction of sp³-hybridized carbons (Fsp3) is 0.533. The van der Waals surface area contributed by atoms with Gasteiger partial charge in [-0.25, -0.2) is 0 Å². The van der Waals surface area contributed by atoms with Crippen molar-refractivity contribution in [1.29, 1.82) is 0 Å². The lowest BCUT2D eigenvalue weighted by atomic mass is 10.1. The van der Waals surface area contributed by atoms with Crippen molar-refractivity contribution in [1.82, 2.24) is 4.90 Å². The van der Waals surface area contributed by atoms with E-state index in [9.17, 15) is 4.79 Å². The summed E-state index contributed by atoms with van der Waals surface area (Å²) in [6.07, 6.45) is 5.27. The van der Waals surface area contributed by atoms with Crippen LogP contribution in [0, 0.1) is 0 Å². The van der Waals surface area contributed by atoms with Crippen molar-refractivity contribution in [3.8, 4) is 0 Å². The maximum atomic E-state index is 12.4. The first-order chi connectivity index (χ1) is 9.20. The molecule has 0 unspecified atom stereocenters. The molecule has 1 fully saturated rings. The number of hydrogen-bond donors (Lipinski definition) is 0. The molecule has 1 saturated carbocycles. The van der Waals surface area contributed by atoms with Crippen LogP contribution in [0.25, 0.3) is 0 Å². The summed E-state index contributed by atoms with van der Waals surface area (Å²) in [6, 6.07) is 7.99. The summed E-state index contributed by atoms with van der Waals surface area (Å²) < 4.78 is 0. The molecule has 0 atom stereocenters. The molecule has 4 heteroatoms. The van der Waals surface area contributed by atoms with Crippen LogP contribution in [-0.4, -0.2) is 28.7 Å². The lowest BCUT2D eigenvalue weighted by Crippen LogP contribution is -2.41. The number of rotatable bonds is 5. The van der Waals surface area contributed by atoms with Gasteiger partial charge in [-0.05, 0) is 30.5 Å². The van der Waals surface area contributed by atoms with E-state index in [-0.39, 0.29) is 5.91 Å². The zero-order chi connectivity index (χ0) is 13.7. The van der Waals surface area contributed by atoms with Gasteiger partial charge >= 0.3 is 0 Å². The Kier molecular flexibility index (Phi) is 5.71. The predicted molar refractivity (Wildman–Crippen MR) is 82.9 cm³/mol. The van der Waals surface area contributed by atoms with E-state index in [2.05, 4.69) is 20.8 Å². The largest absolute Gasteiger partial charge is 0.339 e. The first-order valence-corrected chi connectivity index (χ1v) is 8.30. The molecule has 0 saturated heterocycles. The number of hydrogen-bond acceptors (Lipinski definition) is 1. The van der Waals surface area contributed by atoms with Gasteiger partial charge in [-0.1, -0.05) is 52.5 Å². The van der Waals surface area contributed by atoms with Crippen molar-refractivity contribution in [2.45, 2.75) is 38.1 Å². The Labute approximate surface area is 128 Å². The first-order valence-electron chi connectivity index (χ1n) is 6.80. The molecule has 0 bridgehead atoms. The number of alkyl halides is 1. The van der Waals surface area contributed by atoms with Crippen LogP contribution in [0.4, 0.5) is 0 Å². The lowest BCUT2D eigenvalue weighted by Gasteiger charge is -2.28. The molecule has 104 valence electrons. The Balaban J connectivity index is 2.00. The molecule has 0 heterocycles. The van der Waals surface area contributed by atoms with Gasteiger partial charge in [0, 0.05) is 22.9 Å². The van der Waals surface area contributed by atoms with Crippen molar-refractivity contribution in [2.24, 2.45) is 0 Å². The smallest absolute Gasteiger partial charge is 0.227 e. The molecular weight excluding hydrogens is 326 g/mol. The summed E-state index contributed by atoms with van der Waals surface area (Å²) >= 11 is 9.31. The van der Waals surface area contributed by atoms with Gasteiger partial charge in [-0.2, -0.15) is 0 Å². The minimum absolute atomic E-state index is 0.230. The van der Waals surface area contributed by atoms with E-state index in [1.807, 2.05) is 24.3 Å². The van der Waals surface area contributed by atoms with Crippen LogP contribution in [0.5, 0.6) is 0 Å². The van der Waals surface area contributed by atoms with Crippen LogP contribution < -0.4 is 0 Å². The standard InChI is InChI=1S/C15H19BrClNO/c16-9-10-18(14-3-1-2-4-14)15(19)11-12-5-7-13(17)8-6-12/h5-8,14H,1-4,9-11H2. The normalized spacial score (nSPS) is 15.7. The van der Waals surface area contributed by atoms with Gasteiger partial charge in [0.15, 0.2) is 0 Å². The topological polar surface area (TPSA) is 20.3 Å². The van der Waals surface area contributed by atoms with E-state index in [1.54, 1.807) is 0 Å². The van der Waals surface area contributed by atoms with E-state index in [0.29, 0.717) is 17.5 Å². The molecule has 0 aliphatic heterocycles. The van der Waals surface area contributed by atoms with Gasteiger partial charge in [-0.3, -0.25) is 4.79 Å². The summed E-state index contributed by atoms with van der Waals surface area (Å²) in [5.41, 5.74) is 1.03. The lowest BCUT2D eigenvalue weighted by molar-refractivity contribution is -0.132. The van der Waals surface area contributed by atoms with E-state index < -0.39 is 0 Å². The number of carbonyl (C=O) groups is 1. The second-order valence-corrected chi connectivity index (χ2v) is 6.25. The highest BCUT2D eigenvalue weighted by molar-refractivity contribution is 9.09. The SMILES string of the molecule is O=C(Cc1ccc(Cl)cc1)N(CCBr)C1CCCC1. The Morgan fingerprint density at radius 2 is 1.89 bits per heavy atom. The van der Waals surface area contributed by atoms with Crippen LogP contribution in [0.3, 0.4) is 0 Å². The molecule has 2 rings (SSSR count). The number of nitrogens with zero attached hydrogens (tertiary/aromatic N) is 1. The third-order valence-corrected chi connectivity index (χ3v) is 4.29. The average molecular weight is 345 g/mol. The molecule has 1 aromatic rings. The maximum absolute atomic E-state index is 12.4. The molecule has 1 aliphatic rings. The van der Waals surface area contributed by atoms with Crippen LogP contribution >= 0.6 is 27.5 Å². The van der Waals surface area contributed by atoms with Gasteiger partial charge in [0.1, 0.15) is 0 Å². The van der Waals surface area contributed by atoms with Crippen molar-refractivity contribution in [3.63, 3.8) is 0 Å². The molecule has 0 aromatic heterocycles. The molecule has 0 spiro atoms. The highest BCUT2D eigenvalue weighted by Crippen LogP contribution is 2.24. The molecule has 2 nitrogen and oxygen atoms in total. The quantitative estimate of drug-likeness (QED) is 0.738. The second-order valence-electron chi connectivity index (χ2n) is 5.02. The Bertz CT molecular complexity index is 415. The van der Waals surface area contributed by atoms with Crippen molar-refractivity contribution < 1.29 is 4.79 Å². The first kappa shape index (κ1) is 14.9. The van der Waals surface area contributed by atoms with Gasteiger partial charge in [0.25, 0.3) is 0 Å². The fourth-order valence-corrected chi connectivity index (χ4v) is 3.20. The zero-order valence-electron chi connectivity index (χ0n) is 10.9. The Morgan fingerprint density at radius 1 is 1.26 bits per heavy atom. The van der Waals surface area contributed by atoms with Gasteiger partial charge < -0.3 is 4.90 Å². The van der Waals surface area contributed by atoms with Crippen LogP contribution in [0.15, 0.2) is 24.3 Å². The van der Waals surface area contributed by atoms with E-state index >= 15 is 0 Å². The molecule has 0 N–H and O–H groups in total. The Hall–Kier alpha value is -0.540.